The molecule has 3 heterocycles. The molecular weight excluding hydrogens is 466 g/mol. The first kappa shape index (κ1) is 21.2. The van der Waals surface area contributed by atoms with Gasteiger partial charge in [-0.2, -0.15) is 4.68 Å². The van der Waals surface area contributed by atoms with E-state index in [9.17, 15) is 9.59 Å². The van der Waals surface area contributed by atoms with Crippen LogP contribution < -0.4 is 11.1 Å². The lowest BCUT2D eigenvalue weighted by Crippen LogP contribution is -2.25. The molecule has 0 N–H and O–H groups in total. The molecular formula is C25H21N5O2S2. The molecule has 1 aliphatic carbocycles. The summed E-state index contributed by atoms with van der Waals surface area (Å²) in [5.74, 6) is 0.813. The highest BCUT2D eigenvalue weighted by molar-refractivity contribution is 7.98. The van der Waals surface area contributed by atoms with E-state index in [0.29, 0.717) is 22.0 Å². The van der Waals surface area contributed by atoms with Crippen molar-refractivity contribution in [2.24, 2.45) is 5.92 Å². The van der Waals surface area contributed by atoms with Gasteiger partial charge in [0.25, 0.3) is 11.1 Å². The zero-order valence-corrected chi connectivity index (χ0v) is 20.1. The van der Waals surface area contributed by atoms with E-state index in [2.05, 4.69) is 17.2 Å². The van der Waals surface area contributed by atoms with Crippen molar-refractivity contribution in [3.05, 3.63) is 85.7 Å². The molecule has 0 amide bonds. The van der Waals surface area contributed by atoms with Crippen molar-refractivity contribution in [1.29, 1.82) is 0 Å². The molecule has 170 valence electrons. The van der Waals surface area contributed by atoms with E-state index in [0.717, 1.165) is 40.7 Å². The second-order valence-corrected chi connectivity index (χ2v) is 10.6. The summed E-state index contributed by atoms with van der Waals surface area (Å²) < 4.78 is 2.98. The van der Waals surface area contributed by atoms with Crippen molar-refractivity contribution in [2.75, 3.05) is 0 Å². The van der Waals surface area contributed by atoms with Gasteiger partial charge in [0.05, 0.1) is 22.3 Å². The first-order valence-electron chi connectivity index (χ1n) is 11.2. The number of benzene rings is 2. The molecule has 34 heavy (non-hydrogen) atoms. The summed E-state index contributed by atoms with van der Waals surface area (Å²) in [5.41, 5.74) is 2.21. The number of hydrogen-bond donors (Lipinski definition) is 0. The van der Waals surface area contributed by atoms with Crippen LogP contribution in [-0.2, 0) is 18.7 Å². The van der Waals surface area contributed by atoms with E-state index in [1.165, 1.54) is 21.3 Å². The normalized spacial score (nSPS) is 15.6. The van der Waals surface area contributed by atoms with Crippen molar-refractivity contribution in [3.63, 3.8) is 0 Å². The van der Waals surface area contributed by atoms with Crippen LogP contribution in [0.2, 0.25) is 0 Å². The summed E-state index contributed by atoms with van der Waals surface area (Å²) in [6.07, 6.45) is 2.99. The average molecular weight is 488 g/mol. The lowest BCUT2D eigenvalue weighted by molar-refractivity contribution is 0.509. The van der Waals surface area contributed by atoms with E-state index in [4.69, 9.17) is 4.98 Å². The zero-order chi connectivity index (χ0) is 23.2. The SMILES string of the molecule is CC1CCc2c(sc3nc(SCn4nnc5ccccc5c4=O)n(-c4ccccc4)c(=O)c23)C1. The number of nitrogens with zero attached hydrogens (tertiary/aromatic N) is 5. The van der Waals surface area contributed by atoms with Gasteiger partial charge in [-0.05, 0) is 55.0 Å². The molecule has 0 spiro atoms. The van der Waals surface area contributed by atoms with Crippen LogP contribution in [0.3, 0.4) is 0 Å². The molecule has 0 bridgehead atoms. The number of aryl methyl sites for hydroxylation is 1. The van der Waals surface area contributed by atoms with Crippen LogP contribution in [-0.4, -0.2) is 24.5 Å². The number of para-hydroxylation sites is 1. The van der Waals surface area contributed by atoms with E-state index in [1.54, 1.807) is 28.0 Å². The Morgan fingerprint density at radius 1 is 1.06 bits per heavy atom. The fourth-order valence-electron chi connectivity index (χ4n) is 4.50. The van der Waals surface area contributed by atoms with E-state index in [-0.39, 0.29) is 17.0 Å². The number of rotatable bonds is 4. The fraction of sp³-hybridized carbons (Fsp3) is 0.240. The Balaban J connectivity index is 1.48. The Morgan fingerprint density at radius 2 is 1.85 bits per heavy atom. The zero-order valence-electron chi connectivity index (χ0n) is 18.5. The average Bonchev–Trinajstić information content (AvgIpc) is 3.22. The Morgan fingerprint density at radius 3 is 2.71 bits per heavy atom. The van der Waals surface area contributed by atoms with E-state index < -0.39 is 0 Å². The molecule has 0 radical (unpaired) electrons. The summed E-state index contributed by atoms with van der Waals surface area (Å²) >= 11 is 2.94. The van der Waals surface area contributed by atoms with Crippen LogP contribution in [0.4, 0.5) is 0 Å². The van der Waals surface area contributed by atoms with Crippen molar-refractivity contribution in [1.82, 2.24) is 24.5 Å². The van der Waals surface area contributed by atoms with E-state index >= 15 is 0 Å². The maximum Gasteiger partial charge on any atom is 0.278 e. The van der Waals surface area contributed by atoms with Gasteiger partial charge in [0.1, 0.15) is 10.3 Å². The molecule has 2 aromatic carbocycles. The summed E-state index contributed by atoms with van der Waals surface area (Å²) in [6, 6.07) is 16.7. The molecule has 9 heteroatoms. The minimum absolute atomic E-state index is 0.0531. The van der Waals surface area contributed by atoms with Gasteiger partial charge < -0.3 is 0 Å². The smallest absolute Gasteiger partial charge is 0.268 e. The van der Waals surface area contributed by atoms with Gasteiger partial charge >= 0.3 is 0 Å². The standard InChI is InChI=1S/C25H21N5O2S2/c1-15-11-12-18-20(13-15)34-22-21(18)24(32)30(16-7-3-2-4-8-16)25(26-22)33-14-29-23(31)17-9-5-6-10-19(17)27-28-29/h2-10,15H,11-14H2,1H3. The first-order valence-corrected chi connectivity index (χ1v) is 13.0. The molecule has 6 rings (SSSR count). The van der Waals surface area contributed by atoms with Gasteiger partial charge in [-0.1, -0.05) is 54.2 Å². The lowest BCUT2D eigenvalue weighted by atomic mass is 9.89. The van der Waals surface area contributed by atoms with Crippen molar-refractivity contribution in [3.8, 4) is 5.69 Å². The highest BCUT2D eigenvalue weighted by atomic mass is 32.2. The highest BCUT2D eigenvalue weighted by Crippen LogP contribution is 2.37. The second-order valence-electron chi connectivity index (χ2n) is 8.59. The predicted molar refractivity (Wildman–Crippen MR) is 136 cm³/mol. The van der Waals surface area contributed by atoms with Crippen LogP contribution in [0, 0.1) is 5.92 Å². The molecule has 1 atom stereocenters. The number of aromatic nitrogens is 5. The Labute approximate surface area is 203 Å². The molecule has 3 aromatic heterocycles. The van der Waals surface area contributed by atoms with Gasteiger partial charge in [-0.3, -0.25) is 14.2 Å². The van der Waals surface area contributed by atoms with Gasteiger partial charge in [0.15, 0.2) is 5.16 Å². The minimum atomic E-state index is -0.214. The number of thioether (sulfide) groups is 1. The molecule has 0 saturated carbocycles. The third-order valence-corrected chi connectivity index (χ3v) is 8.31. The van der Waals surface area contributed by atoms with Crippen LogP contribution >= 0.6 is 23.1 Å². The summed E-state index contributed by atoms with van der Waals surface area (Å²) in [6.45, 7) is 2.26. The largest absolute Gasteiger partial charge is 0.278 e. The summed E-state index contributed by atoms with van der Waals surface area (Å²) in [7, 11) is 0. The fourth-order valence-corrected chi connectivity index (χ4v) is 6.81. The maximum atomic E-state index is 13.8. The first-order chi connectivity index (χ1) is 16.6. The van der Waals surface area contributed by atoms with Crippen molar-refractivity contribution in [2.45, 2.75) is 37.2 Å². The lowest BCUT2D eigenvalue weighted by Gasteiger charge is -2.17. The second kappa shape index (κ2) is 8.48. The topological polar surface area (TPSA) is 82.7 Å². The maximum absolute atomic E-state index is 13.8. The monoisotopic (exact) mass is 487 g/mol. The van der Waals surface area contributed by atoms with Crippen molar-refractivity contribution < 1.29 is 0 Å². The Kier molecular flexibility index (Phi) is 5.30. The van der Waals surface area contributed by atoms with Crippen molar-refractivity contribution >= 4 is 44.2 Å². The van der Waals surface area contributed by atoms with Crippen LogP contribution in [0.25, 0.3) is 26.8 Å². The predicted octanol–water partition coefficient (Wildman–Crippen LogP) is 4.43. The Bertz CT molecular complexity index is 1660. The minimum Gasteiger partial charge on any atom is -0.268 e. The van der Waals surface area contributed by atoms with Gasteiger partial charge in [0.2, 0.25) is 0 Å². The third-order valence-electron chi connectivity index (χ3n) is 6.26. The number of hydrogen-bond acceptors (Lipinski definition) is 7. The molecule has 5 aromatic rings. The molecule has 1 aliphatic rings. The number of thiophene rings is 1. The quantitative estimate of drug-likeness (QED) is 0.276. The van der Waals surface area contributed by atoms with Gasteiger partial charge in [-0.15, -0.1) is 16.4 Å². The van der Waals surface area contributed by atoms with Gasteiger partial charge in [0, 0.05) is 4.88 Å². The third kappa shape index (κ3) is 3.56. The number of fused-ring (bicyclic) bond motifs is 4. The van der Waals surface area contributed by atoms with Crippen LogP contribution in [0.5, 0.6) is 0 Å². The van der Waals surface area contributed by atoms with E-state index in [1.807, 2.05) is 42.5 Å². The molecule has 1 unspecified atom stereocenters. The molecule has 0 aliphatic heterocycles. The summed E-state index contributed by atoms with van der Waals surface area (Å²) in [4.78, 5) is 33.7. The Hall–Kier alpha value is -3.30. The molecule has 0 fully saturated rings. The molecule has 0 saturated heterocycles. The van der Waals surface area contributed by atoms with Crippen LogP contribution in [0.15, 0.2) is 69.3 Å². The molecule has 7 nitrogen and oxygen atoms in total. The van der Waals surface area contributed by atoms with Crippen LogP contribution in [0.1, 0.15) is 23.8 Å². The summed E-state index contributed by atoms with van der Waals surface area (Å²) in [5, 5.41) is 10.1. The van der Waals surface area contributed by atoms with Gasteiger partial charge in [-0.25, -0.2) is 4.98 Å². The highest BCUT2D eigenvalue weighted by Gasteiger charge is 2.25.